The van der Waals surface area contributed by atoms with Crippen LogP contribution in [0.25, 0.3) is 0 Å². The summed E-state index contributed by atoms with van der Waals surface area (Å²) in [5.41, 5.74) is 6.96. The normalized spacial score (nSPS) is 18.2. The fourth-order valence-corrected chi connectivity index (χ4v) is 2.91. The Morgan fingerprint density at radius 1 is 1.48 bits per heavy atom. The Kier molecular flexibility index (Phi) is 5.14. The lowest BCUT2D eigenvalue weighted by molar-refractivity contribution is 0.0929. The smallest absolute Gasteiger partial charge is 0.253 e. The number of aromatic nitrogens is 1. The van der Waals surface area contributed by atoms with Gasteiger partial charge in [-0.3, -0.25) is 9.78 Å². The van der Waals surface area contributed by atoms with Crippen LogP contribution >= 0.6 is 0 Å². The summed E-state index contributed by atoms with van der Waals surface area (Å²) in [5, 5.41) is 15.0. The van der Waals surface area contributed by atoms with Gasteiger partial charge in [0.15, 0.2) is 5.84 Å². The second-order valence-electron chi connectivity index (χ2n) is 5.51. The van der Waals surface area contributed by atoms with Crippen molar-refractivity contribution in [1.29, 1.82) is 0 Å². The Hall–Kier alpha value is -2.11. The van der Waals surface area contributed by atoms with Crippen molar-refractivity contribution in [3.8, 4) is 0 Å². The zero-order valence-corrected chi connectivity index (χ0v) is 12.2. The van der Waals surface area contributed by atoms with E-state index in [1.165, 1.54) is 6.42 Å². The number of carbonyl (C=O) groups excluding carboxylic acids is 1. The predicted octanol–water partition coefficient (Wildman–Crippen LogP) is 1.82. The molecule has 6 heteroatoms. The standard InChI is InChI=1S/C15H22N4O2/c1-10-12(8-5-9-17-10)15(20)18-13(14(16)19-21)11-6-3-2-4-7-11/h5,8-9,11,13,21H,2-4,6-7H2,1H3,(H2,16,19)(H,18,20). The molecule has 1 fully saturated rings. The van der Waals surface area contributed by atoms with Gasteiger partial charge in [0.25, 0.3) is 5.91 Å². The first-order valence-electron chi connectivity index (χ1n) is 7.33. The topological polar surface area (TPSA) is 101 Å². The van der Waals surface area contributed by atoms with Gasteiger partial charge in [0.2, 0.25) is 0 Å². The minimum Gasteiger partial charge on any atom is -0.409 e. The second kappa shape index (κ2) is 7.06. The van der Waals surface area contributed by atoms with E-state index >= 15 is 0 Å². The number of amidine groups is 1. The molecular formula is C15H22N4O2. The summed E-state index contributed by atoms with van der Waals surface area (Å²) >= 11 is 0. The van der Waals surface area contributed by atoms with Crippen molar-refractivity contribution >= 4 is 11.7 Å². The average molecular weight is 290 g/mol. The highest BCUT2D eigenvalue weighted by molar-refractivity contribution is 5.99. The monoisotopic (exact) mass is 290 g/mol. The zero-order chi connectivity index (χ0) is 15.2. The Morgan fingerprint density at radius 3 is 2.81 bits per heavy atom. The summed E-state index contributed by atoms with van der Waals surface area (Å²) in [7, 11) is 0. The van der Waals surface area contributed by atoms with E-state index in [0.29, 0.717) is 11.3 Å². The van der Waals surface area contributed by atoms with Crippen molar-refractivity contribution in [2.45, 2.75) is 45.1 Å². The maximum absolute atomic E-state index is 12.4. The summed E-state index contributed by atoms with van der Waals surface area (Å²) in [6, 6.07) is 3.02. The molecule has 21 heavy (non-hydrogen) atoms. The number of nitrogens with zero attached hydrogens (tertiary/aromatic N) is 2. The van der Waals surface area contributed by atoms with Crippen molar-refractivity contribution in [1.82, 2.24) is 10.3 Å². The van der Waals surface area contributed by atoms with Crippen molar-refractivity contribution < 1.29 is 10.0 Å². The maximum atomic E-state index is 12.4. The van der Waals surface area contributed by atoms with E-state index in [0.717, 1.165) is 25.7 Å². The Balaban J connectivity index is 2.15. The first kappa shape index (κ1) is 15.3. The van der Waals surface area contributed by atoms with Crippen LogP contribution in [0.15, 0.2) is 23.5 Å². The van der Waals surface area contributed by atoms with E-state index in [4.69, 9.17) is 10.9 Å². The first-order chi connectivity index (χ1) is 10.1. The molecule has 0 radical (unpaired) electrons. The van der Waals surface area contributed by atoms with E-state index in [2.05, 4.69) is 15.5 Å². The van der Waals surface area contributed by atoms with Crippen LogP contribution in [0.5, 0.6) is 0 Å². The Morgan fingerprint density at radius 2 is 2.19 bits per heavy atom. The van der Waals surface area contributed by atoms with Crippen LogP contribution in [0.1, 0.15) is 48.2 Å². The fraction of sp³-hybridized carbons (Fsp3) is 0.533. The van der Waals surface area contributed by atoms with Gasteiger partial charge in [0.1, 0.15) is 0 Å². The molecule has 0 aliphatic heterocycles. The molecule has 1 aliphatic carbocycles. The molecule has 1 unspecified atom stereocenters. The number of pyridine rings is 1. The van der Waals surface area contributed by atoms with E-state index < -0.39 is 6.04 Å². The molecule has 0 saturated heterocycles. The molecular weight excluding hydrogens is 268 g/mol. The molecule has 0 bridgehead atoms. The highest BCUT2D eigenvalue weighted by atomic mass is 16.4. The molecule has 0 spiro atoms. The minimum atomic E-state index is -0.428. The lowest BCUT2D eigenvalue weighted by Crippen LogP contribution is -2.49. The number of amides is 1. The molecule has 1 atom stereocenters. The predicted molar refractivity (Wildman–Crippen MR) is 80.2 cm³/mol. The van der Waals surface area contributed by atoms with Crippen LogP contribution < -0.4 is 11.1 Å². The highest BCUT2D eigenvalue weighted by Gasteiger charge is 2.29. The van der Waals surface area contributed by atoms with Crippen LogP contribution in [0.3, 0.4) is 0 Å². The van der Waals surface area contributed by atoms with Gasteiger partial charge in [-0.25, -0.2) is 0 Å². The number of nitrogens with one attached hydrogen (secondary N) is 1. The minimum absolute atomic E-state index is 0.0665. The highest BCUT2D eigenvalue weighted by Crippen LogP contribution is 2.26. The number of aryl methyl sites for hydroxylation is 1. The molecule has 1 heterocycles. The maximum Gasteiger partial charge on any atom is 0.253 e. The number of hydrogen-bond donors (Lipinski definition) is 3. The van der Waals surface area contributed by atoms with E-state index in [9.17, 15) is 4.79 Å². The van der Waals surface area contributed by atoms with E-state index in [1.54, 1.807) is 25.3 Å². The summed E-state index contributed by atoms with van der Waals surface area (Å²) in [6.07, 6.45) is 7.03. The summed E-state index contributed by atoms with van der Waals surface area (Å²) in [6.45, 7) is 1.79. The van der Waals surface area contributed by atoms with Crippen LogP contribution in [0.4, 0.5) is 0 Å². The van der Waals surface area contributed by atoms with Gasteiger partial charge >= 0.3 is 0 Å². The molecule has 1 amide bonds. The fourth-order valence-electron chi connectivity index (χ4n) is 2.91. The van der Waals surface area contributed by atoms with Crippen LogP contribution in [-0.4, -0.2) is 28.0 Å². The molecule has 114 valence electrons. The Bertz CT molecular complexity index is 524. The molecule has 1 aliphatic rings. The van der Waals surface area contributed by atoms with E-state index in [-0.39, 0.29) is 17.7 Å². The van der Waals surface area contributed by atoms with Crippen LogP contribution in [0, 0.1) is 12.8 Å². The largest absolute Gasteiger partial charge is 0.409 e. The van der Waals surface area contributed by atoms with Crippen molar-refractivity contribution in [3.63, 3.8) is 0 Å². The van der Waals surface area contributed by atoms with Gasteiger partial charge in [0.05, 0.1) is 11.6 Å². The molecule has 1 aromatic rings. The van der Waals surface area contributed by atoms with Crippen molar-refractivity contribution in [2.24, 2.45) is 16.8 Å². The van der Waals surface area contributed by atoms with Crippen LogP contribution in [-0.2, 0) is 0 Å². The van der Waals surface area contributed by atoms with Gasteiger partial charge in [-0.05, 0) is 37.8 Å². The van der Waals surface area contributed by atoms with Gasteiger partial charge in [-0.1, -0.05) is 24.4 Å². The van der Waals surface area contributed by atoms with Crippen molar-refractivity contribution in [2.75, 3.05) is 0 Å². The van der Waals surface area contributed by atoms with Crippen molar-refractivity contribution in [3.05, 3.63) is 29.6 Å². The third-order valence-electron chi connectivity index (χ3n) is 4.09. The summed E-state index contributed by atoms with van der Waals surface area (Å²) in [5.74, 6) is 0.0511. The molecule has 2 rings (SSSR count). The summed E-state index contributed by atoms with van der Waals surface area (Å²) in [4.78, 5) is 16.5. The zero-order valence-electron chi connectivity index (χ0n) is 12.2. The Labute approximate surface area is 124 Å². The molecule has 4 N–H and O–H groups in total. The third kappa shape index (κ3) is 3.71. The SMILES string of the molecule is Cc1ncccc1C(=O)NC(/C(N)=N/O)C1CCCCC1. The van der Waals surface area contributed by atoms with Gasteiger partial charge < -0.3 is 16.3 Å². The van der Waals surface area contributed by atoms with Crippen LogP contribution in [0.2, 0.25) is 0 Å². The number of carbonyl (C=O) groups is 1. The number of nitrogens with two attached hydrogens (primary N) is 1. The lowest BCUT2D eigenvalue weighted by atomic mass is 9.83. The first-order valence-corrected chi connectivity index (χ1v) is 7.33. The van der Waals surface area contributed by atoms with Gasteiger partial charge in [0, 0.05) is 11.9 Å². The quantitative estimate of drug-likeness (QED) is 0.341. The molecule has 0 aromatic carbocycles. The van der Waals surface area contributed by atoms with Gasteiger partial charge in [-0.15, -0.1) is 0 Å². The second-order valence-corrected chi connectivity index (χ2v) is 5.51. The van der Waals surface area contributed by atoms with Gasteiger partial charge in [-0.2, -0.15) is 0 Å². The summed E-state index contributed by atoms with van der Waals surface area (Å²) < 4.78 is 0. The number of rotatable bonds is 4. The molecule has 1 saturated carbocycles. The number of oxime groups is 1. The molecule has 1 aromatic heterocycles. The van der Waals surface area contributed by atoms with E-state index in [1.807, 2.05) is 0 Å². The molecule has 6 nitrogen and oxygen atoms in total. The average Bonchev–Trinajstić information content (AvgIpc) is 2.53. The number of hydrogen-bond acceptors (Lipinski definition) is 4. The lowest BCUT2D eigenvalue weighted by Gasteiger charge is -2.30. The third-order valence-corrected chi connectivity index (χ3v) is 4.09.